The summed E-state index contributed by atoms with van der Waals surface area (Å²) >= 11 is 0. The molecule has 1 nitrogen and oxygen atoms in total. The van der Waals surface area contributed by atoms with Crippen molar-refractivity contribution >= 4 is 0 Å². The minimum absolute atomic E-state index is 0.421. The van der Waals surface area contributed by atoms with Crippen LogP contribution < -0.4 is 4.74 Å². The third kappa shape index (κ3) is 5.99. The lowest BCUT2D eigenvalue weighted by Crippen LogP contribution is -2.03. The van der Waals surface area contributed by atoms with Crippen LogP contribution in [0.25, 0.3) is 0 Å². The number of aryl methyl sites for hydroxylation is 1. The van der Waals surface area contributed by atoms with Crippen LogP contribution in [0.3, 0.4) is 0 Å². The Morgan fingerprint density at radius 3 is 2.20 bits per heavy atom. The second-order valence-corrected chi connectivity index (χ2v) is 3.02. The van der Waals surface area contributed by atoms with E-state index in [1.54, 1.807) is 6.92 Å². The SMILES string of the molecule is CCC.Cc1ccc(OC(F)F)c(F)c1. The molecule has 1 aromatic carbocycles. The molecular formula is C11H15F3O. The van der Waals surface area contributed by atoms with Crippen molar-refractivity contribution in [2.75, 3.05) is 0 Å². The lowest BCUT2D eigenvalue weighted by Gasteiger charge is -2.05. The average Bonchev–Trinajstić information content (AvgIpc) is 2.11. The Kier molecular flexibility index (Phi) is 6.58. The molecule has 0 unspecified atom stereocenters. The number of alkyl halides is 2. The summed E-state index contributed by atoms with van der Waals surface area (Å²) in [5.74, 6) is -1.19. The van der Waals surface area contributed by atoms with Crippen LogP contribution >= 0.6 is 0 Å². The zero-order valence-corrected chi connectivity index (χ0v) is 9.06. The summed E-state index contributed by atoms with van der Waals surface area (Å²) in [6.07, 6.45) is 1.25. The van der Waals surface area contributed by atoms with E-state index in [4.69, 9.17) is 0 Å². The predicted octanol–water partition coefficient (Wildman–Crippen LogP) is 4.15. The maximum absolute atomic E-state index is 12.8. The molecule has 1 aromatic rings. The van der Waals surface area contributed by atoms with Gasteiger partial charge in [-0.25, -0.2) is 4.39 Å². The number of benzene rings is 1. The summed E-state index contributed by atoms with van der Waals surface area (Å²) in [7, 11) is 0. The van der Waals surface area contributed by atoms with Gasteiger partial charge in [0, 0.05) is 0 Å². The van der Waals surface area contributed by atoms with Gasteiger partial charge in [-0.15, -0.1) is 0 Å². The molecule has 0 radical (unpaired) electrons. The van der Waals surface area contributed by atoms with E-state index in [2.05, 4.69) is 18.6 Å². The van der Waals surface area contributed by atoms with Crippen molar-refractivity contribution in [3.8, 4) is 5.75 Å². The molecule has 86 valence electrons. The van der Waals surface area contributed by atoms with Crippen molar-refractivity contribution in [1.82, 2.24) is 0 Å². The molecule has 0 saturated heterocycles. The van der Waals surface area contributed by atoms with Crippen molar-refractivity contribution in [3.05, 3.63) is 29.6 Å². The Morgan fingerprint density at radius 1 is 1.27 bits per heavy atom. The standard InChI is InChI=1S/C8H7F3O.C3H8/c1-5-2-3-7(6(9)4-5)12-8(10)11;1-3-2/h2-4,8H,1H3;3H2,1-2H3. The molecule has 1 rings (SSSR count). The average molecular weight is 220 g/mol. The zero-order chi connectivity index (χ0) is 11.8. The molecule has 0 fully saturated rings. The van der Waals surface area contributed by atoms with Crippen LogP contribution in [0.1, 0.15) is 25.8 Å². The highest BCUT2D eigenvalue weighted by Crippen LogP contribution is 2.19. The predicted molar refractivity (Wildman–Crippen MR) is 53.7 cm³/mol. The summed E-state index contributed by atoms with van der Waals surface area (Å²) < 4.78 is 39.9. The van der Waals surface area contributed by atoms with Gasteiger partial charge in [0.25, 0.3) is 0 Å². The number of halogens is 3. The maximum Gasteiger partial charge on any atom is 0.387 e. The molecule has 0 saturated carbocycles. The topological polar surface area (TPSA) is 9.23 Å². The lowest BCUT2D eigenvalue weighted by molar-refractivity contribution is -0.0522. The van der Waals surface area contributed by atoms with Crippen LogP contribution in [-0.2, 0) is 0 Å². The minimum Gasteiger partial charge on any atom is -0.432 e. The fourth-order valence-electron chi connectivity index (χ4n) is 0.797. The molecule has 0 heterocycles. The number of hydrogen-bond acceptors (Lipinski definition) is 1. The minimum atomic E-state index is -2.98. The van der Waals surface area contributed by atoms with E-state index in [9.17, 15) is 13.2 Å². The summed E-state index contributed by atoms with van der Waals surface area (Å²) in [5.41, 5.74) is 0.661. The van der Waals surface area contributed by atoms with Crippen LogP contribution in [0.2, 0.25) is 0 Å². The molecule has 0 bridgehead atoms. The van der Waals surface area contributed by atoms with Crippen LogP contribution in [0.5, 0.6) is 5.75 Å². The molecular weight excluding hydrogens is 205 g/mol. The normalized spacial score (nSPS) is 9.53. The van der Waals surface area contributed by atoms with E-state index in [0.717, 1.165) is 6.07 Å². The summed E-state index contributed by atoms with van der Waals surface area (Å²) in [5, 5.41) is 0. The van der Waals surface area contributed by atoms with Crippen molar-refractivity contribution in [2.45, 2.75) is 33.8 Å². The van der Waals surface area contributed by atoms with E-state index < -0.39 is 18.2 Å². The van der Waals surface area contributed by atoms with Gasteiger partial charge in [0.1, 0.15) is 0 Å². The van der Waals surface area contributed by atoms with Gasteiger partial charge in [-0.1, -0.05) is 26.3 Å². The smallest absolute Gasteiger partial charge is 0.387 e. The highest BCUT2D eigenvalue weighted by molar-refractivity contribution is 5.28. The highest BCUT2D eigenvalue weighted by Gasteiger charge is 2.08. The molecule has 0 aliphatic rings. The molecule has 0 aromatic heterocycles. The van der Waals surface area contributed by atoms with Gasteiger partial charge < -0.3 is 4.74 Å². The van der Waals surface area contributed by atoms with Gasteiger partial charge >= 0.3 is 6.61 Å². The number of rotatable bonds is 2. The highest BCUT2D eigenvalue weighted by atomic mass is 19.3. The molecule has 0 spiro atoms. The first kappa shape index (κ1) is 13.8. The van der Waals surface area contributed by atoms with Crippen LogP contribution in [-0.4, -0.2) is 6.61 Å². The zero-order valence-electron chi connectivity index (χ0n) is 9.06. The lowest BCUT2D eigenvalue weighted by atomic mass is 10.2. The third-order valence-corrected chi connectivity index (χ3v) is 1.30. The van der Waals surface area contributed by atoms with Crippen molar-refractivity contribution in [1.29, 1.82) is 0 Å². The van der Waals surface area contributed by atoms with Crippen LogP contribution in [0.15, 0.2) is 18.2 Å². The first-order valence-electron chi connectivity index (χ1n) is 4.72. The second-order valence-electron chi connectivity index (χ2n) is 3.02. The van der Waals surface area contributed by atoms with E-state index in [0.29, 0.717) is 5.56 Å². The fraction of sp³-hybridized carbons (Fsp3) is 0.455. The Bertz CT molecular complexity index is 287. The van der Waals surface area contributed by atoms with Gasteiger partial charge in [-0.05, 0) is 24.6 Å². The first-order valence-corrected chi connectivity index (χ1v) is 4.72. The van der Waals surface area contributed by atoms with Crippen LogP contribution in [0.4, 0.5) is 13.2 Å². The van der Waals surface area contributed by atoms with Gasteiger partial charge in [-0.2, -0.15) is 8.78 Å². The first-order chi connectivity index (χ1) is 7.01. The fourth-order valence-corrected chi connectivity index (χ4v) is 0.797. The Balaban J connectivity index is 0.000000583. The summed E-state index contributed by atoms with van der Waals surface area (Å²) in [6, 6.07) is 3.81. The summed E-state index contributed by atoms with van der Waals surface area (Å²) in [4.78, 5) is 0. The van der Waals surface area contributed by atoms with Gasteiger partial charge in [0.05, 0.1) is 0 Å². The number of ether oxygens (including phenoxy) is 1. The van der Waals surface area contributed by atoms with Gasteiger partial charge in [0.2, 0.25) is 0 Å². The Morgan fingerprint density at radius 2 is 1.80 bits per heavy atom. The summed E-state index contributed by atoms with van der Waals surface area (Å²) in [6.45, 7) is 2.93. The van der Waals surface area contributed by atoms with Gasteiger partial charge in [-0.3, -0.25) is 0 Å². The monoisotopic (exact) mass is 220 g/mol. The quantitative estimate of drug-likeness (QED) is 0.727. The molecule has 4 heteroatoms. The number of hydrogen-bond donors (Lipinski definition) is 0. The van der Waals surface area contributed by atoms with E-state index in [1.807, 2.05) is 0 Å². The van der Waals surface area contributed by atoms with Crippen molar-refractivity contribution in [3.63, 3.8) is 0 Å². The van der Waals surface area contributed by atoms with E-state index >= 15 is 0 Å². The largest absolute Gasteiger partial charge is 0.432 e. The van der Waals surface area contributed by atoms with E-state index in [1.165, 1.54) is 18.6 Å². The maximum atomic E-state index is 12.8. The second kappa shape index (κ2) is 7.15. The Hall–Kier alpha value is -1.19. The van der Waals surface area contributed by atoms with Crippen LogP contribution in [0, 0.1) is 12.7 Å². The van der Waals surface area contributed by atoms with Gasteiger partial charge in [0.15, 0.2) is 11.6 Å². The molecule has 0 aliphatic carbocycles. The van der Waals surface area contributed by atoms with Crippen molar-refractivity contribution < 1.29 is 17.9 Å². The molecule has 15 heavy (non-hydrogen) atoms. The molecule has 0 aliphatic heterocycles. The van der Waals surface area contributed by atoms with Crippen molar-refractivity contribution in [2.24, 2.45) is 0 Å². The molecule has 0 amide bonds. The molecule has 0 atom stereocenters. The Labute approximate surface area is 87.9 Å². The molecule has 0 N–H and O–H groups in total. The van der Waals surface area contributed by atoms with E-state index in [-0.39, 0.29) is 0 Å². The third-order valence-electron chi connectivity index (χ3n) is 1.30.